The van der Waals surface area contributed by atoms with Crippen LogP contribution in [0.1, 0.15) is 31.1 Å². The predicted molar refractivity (Wildman–Crippen MR) is 236 cm³/mol. The van der Waals surface area contributed by atoms with Gasteiger partial charge < -0.3 is 44.4 Å². The first-order valence-corrected chi connectivity index (χ1v) is 19.9. The summed E-state index contributed by atoms with van der Waals surface area (Å²) in [4.78, 5) is 51.7. The number of ether oxygens (including phenoxy) is 6. The summed E-state index contributed by atoms with van der Waals surface area (Å²) in [5.74, 6) is 1.07. The van der Waals surface area contributed by atoms with Gasteiger partial charge >= 0.3 is 17.9 Å². The summed E-state index contributed by atoms with van der Waals surface area (Å²) >= 11 is 0. The number of nitrogens with zero attached hydrogens (tertiary/aromatic N) is 3. The minimum absolute atomic E-state index is 0.0823. The Kier molecular flexibility index (Phi) is 15.1. The lowest BCUT2D eigenvalue weighted by Crippen LogP contribution is -2.12. The zero-order valence-electron chi connectivity index (χ0n) is 33.8. The maximum atomic E-state index is 12.7. The quantitative estimate of drug-likeness (QED) is 0.0354. The van der Waals surface area contributed by atoms with Crippen LogP contribution >= 0.6 is 0 Å². The summed E-state index contributed by atoms with van der Waals surface area (Å²) in [5, 5.41) is 9.46. The molecule has 0 bridgehead atoms. The zero-order valence-corrected chi connectivity index (χ0v) is 33.8. The van der Waals surface area contributed by atoms with Crippen LogP contribution in [0.5, 0.6) is 17.2 Å². The van der Waals surface area contributed by atoms with Crippen molar-refractivity contribution < 1.29 is 42.8 Å². The third-order valence-corrected chi connectivity index (χ3v) is 8.75. The zero-order chi connectivity index (χ0) is 43.5. The number of hydrogen-bond donors (Lipinski definition) is 3. The second-order valence-corrected chi connectivity index (χ2v) is 13.3. The van der Waals surface area contributed by atoms with Gasteiger partial charge in [-0.3, -0.25) is 0 Å². The molecular formula is C48H42N6O9. The van der Waals surface area contributed by atoms with Gasteiger partial charge in [0.25, 0.3) is 0 Å². The number of anilines is 6. The van der Waals surface area contributed by atoms with Gasteiger partial charge in [0.1, 0.15) is 56.9 Å². The van der Waals surface area contributed by atoms with Crippen LogP contribution in [0.2, 0.25) is 0 Å². The molecule has 0 spiro atoms. The van der Waals surface area contributed by atoms with Gasteiger partial charge in [-0.05, 0) is 109 Å². The molecule has 0 aliphatic heterocycles. The Morgan fingerprint density at radius 2 is 0.587 bits per heavy atom. The van der Waals surface area contributed by atoms with E-state index < -0.39 is 17.9 Å². The predicted octanol–water partition coefficient (Wildman–Crippen LogP) is 8.81. The van der Waals surface area contributed by atoms with Crippen LogP contribution in [-0.2, 0) is 14.2 Å². The molecule has 6 aromatic carbocycles. The molecule has 0 aliphatic carbocycles. The van der Waals surface area contributed by atoms with Gasteiger partial charge in [-0.1, -0.05) is 54.6 Å². The fraction of sp³-hybridized carbons (Fsp3) is 0.125. The van der Waals surface area contributed by atoms with Crippen molar-refractivity contribution in [3.63, 3.8) is 0 Å². The van der Waals surface area contributed by atoms with Crippen molar-refractivity contribution in [2.24, 2.45) is 0 Å². The molecule has 0 unspecified atom stereocenters. The van der Waals surface area contributed by atoms with Crippen LogP contribution in [0.4, 0.5) is 34.9 Å². The molecule has 7 rings (SSSR count). The maximum Gasteiger partial charge on any atom is 0.338 e. The highest BCUT2D eigenvalue weighted by atomic mass is 16.6. The van der Waals surface area contributed by atoms with E-state index in [4.69, 9.17) is 28.4 Å². The van der Waals surface area contributed by atoms with E-state index in [2.05, 4.69) is 30.9 Å². The third-order valence-electron chi connectivity index (χ3n) is 8.75. The molecule has 0 radical (unpaired) electrons. The lowest BCUT2D eigenvalue weighted by atomic mass is 10.2. The first-order chi connectivity index (χ1) is 30.9. The van der Waals surface area contributed by atoms with Crippen LogP contribution in [0.15, 0.2) is 164 Å². The highest BCUT2D eigenvalue weighted by Gasteiger charge is 2.13. The van der Waals surface area contributed by atoms with Crippen molar-refractivity contribution in [1.29, 1.82) is 0 Å². The van der Waals surface area contributed by atoms with Crippen LogP contribution in [0.3, 0.4) is 0 Å². The molecule has 0 amide bonds. The monoisotopic (exact) mass is 846 g/mol. The number of hydrogen-bond acceptors (Lipinski definition) is 15. The van der Waals surface area contributed by atoms with Crippen molar-refractivity contribution in [3.8, 4) is 17.2 Å². The van der Waals surface area contributed by atoms with Crippen LogP contribution < -0.4 is 30.2 Å². The molecule has 0 fully saturated rings. The molecule has 1 heterocycles. The van der Waals surface area contributed by atoms with Crippen molar-refractivity contribution in [2.75, 3.05) is 55.6 Å². The number of esters is 3. The minimum Gasteiger partial charge on any atom is -0.490 e. The second kappa shape index (κ2) is 22.2. The van der Waals surface area contributed by atoms with E-state index >= 15 is 0 Å². The number of aromatic nitrogens is 3. The Bertz CT molecular complexity index is 2240. The summed E-state index contributed by atoms with van der Waals surface area (Å²) in [7, 11) is 0. The van der Waals surface area contributed by atoms with E-state index in [1.807, 2.05) is 91.0 Å². The molecule has 15 nitrogen and oxygen atoms in total. The van der Waals surface area contributed by atoms with Crippen molar-refractivity contribution in [2.45, 2.75) is 0 Å². The maximum absolute atomic E-state index is 12.7. The fourth-order valence-corrected chi connectivity index (χ4v) is 5.68. The molecule has 0 saturated heterocycles. The van der Waals surface area contributed by atoms with Gasteiger partial charge in [-0.2, -0.15) is 15.0 Å². The number of carbonyl (C=O) groups is 3. The highest BCUT2D eigenvalue weighted by Crippen LogP contribution is 2.23. The summed E-state index contributed by atoms with van der Waals surface area (Å²) < 4.78 is 32.9. The van der Waals surface area contributed by atoms with E-state index in [0.717, 1.165) is 0 Å². The lowest BCUT2D eigenvalue weighted by Gasteiger charge is -2.12. The Hall–Kier alpha value is -8.46. The van der Waals surface area contributed by atoms with E-state index in [9.17, 15) is 14.4 Å². The number of rotatable bonds is 21. The smallest absolute Gasteiger partial charge is 0.338 e. The molecule has 63 heavy (non-hydrogen) atoms. The number of para-hydroxylation sites is 3. The third kappa shape index (κ3) is 13.5. The highest BCUT2D eigenvalue weighted by molar-refractivity contribution is 5.91. The van der Waals surface area contributed by atoms with E-state index in [0.29, 0.717) is 51.0 Å². The molecule has 1 aromatic heterocycles. The summed E-state index contributed by atoms with van der Waals surface area (Å²) in [6, 6.07) is 47.7. The lowest BCUT2D eigenvalue weighted by molar-refractivity contribution is 0.0443. The Labute approximate surface area is 363 Å². The van der Waals surface area contributed by atoms with Crippen molar-refractivity contribution in [3.05, 3.63) is 180 Å². The van der Waals surface area contributed by atoms with Gasteiger partial charge in [0.15, 0.2) is 0 Å². The summed E-state index contributed by atoms with van der Waals surface area (Å²) in [6.45, 7) is 0.889. The van der Waals surface area contributed by atoms with Crippen molar-refractivity contribution in [1.82, 2.24) is 15.0 Å². The summed E-state index contributed by atoms with van der Waals surface area (Å²) in [5.41, 5.74) is 2.78. The van der Waals surface area contributed by atoms with Crippen LogP contribution in [0, 0.1) is 0 Å². The van der Waals surface area contributed by atoms with Crippen LogP contribution in [-0.4, -0.2) is 72.5 Å². The van der Waals surface area contributed by atoms with Gasteiger partial charge in [-0.25, -0.2) is 14.4 Å². The number of nitrogens with one attached hydrogen (secondary N) is 3. The first-order valence-electron chi connectivity index (χ1n) is 19.9. The molecular weight excluding hydrogens is 805 g/mol. The van der Waals surface area contributed by atoms with E-state index in [1.165, 1.54) is 0 Å². The Morgan fingerprint density at radius 1 is 0.333 bits per heavy atom. The first kappa shape index (κ1) is 42.7. The molecule has 3 N–H and O–H groups in total. The van der Waals surface area contributed by atoms with E-state index in [-0.39, 0.29) is 57.5 Å². The molecule has 15 heteroatoms. The standard InChI is InChI=1S/C48H42N6O9/c55-43(61-31-28-58-40-10-4-1-5-11-40)34-16-22-37(23-17-34)49-46-52-47(50-38-24-18-35(19-25-38)44(56)62-32-29-59-41-12-6-2-7-13-41)54-48(53-46)51-39-26-20-36(21-27-39)45(57)63-33-30-60-42-14-8-3-9-15-42/h1-27H,28-33H2,(H3,49,50,51,52,53,54). The second-order valence-electron chi connectivity index (χ2n) is 13.3. The fourth-order valence-electron chi connectivity index (χ4n) is 5.68. The topological polar surface area (TPSA) is 181 Å². The average Bonchev–Trinajstić information content (AvgIpc) is 3.32. The molecule has 0 atom stereocenters. The van der Waals surface area contributed by atoms with Gasteiger partial charge in [-0.15, -0.1) is 0 Å². The van der Waals surface area contributed by atoms with Crippen LogP contribution in [0.25, 0.3) is 0 Å². The van der Waals surface area contributed by atoms with Crippen molar-refractivity contribution >= 4 is 52.8 Å². The Balaban J connectivity index is 0.981. The summed E-state index contributed by atoms with van der Waals surface area (Å²) in [6.07, 6.45) is 0. The normalized spacial score (nSPS) is 10.5. The molecule has 7 aromatic rings. The molecule has 0 saturated carbocycles. The SMILES string of the molecule is O=C(OCCOc1ccccc1)c1ccc(Nc2nc(Nc3ccc(C(=O)OCCOc4ccccc4)cc3)nc(Nc3ccc(C(=O)OCCOc4ccccc4)cc3)n2)cc1. The molecule has 318 valence electrons. The number of carbonyl (C=O) groups excluding carboxylic acids is 3. The van der Waals surface area contributed by atoms with Gasteiger partial charge in [0.2, 0.25) is 17.8 Å². The van der Waals surface area contributed by atoms with E-state index in [1.54, 1.807) is 72.8 Å². The Morgan fingerprint density at radius 3 is 0.841 bits per heavy atom. The van der Waals surface area contributed by atoms with Gasteiger partial charge in [0.05, 0.1) is 16.7 Å². The largest absolute Gasteiger partial charge is 0.490 e. The minimum atomic E-state index is -0.496. The average molecular weight is 847 g/mol. The molecule has 0 aliphatic rings. The number of benzene rings is 6. The van der Waals surface area contributed by atoms with Gasteiger partial charge in [0, 0.05) is 17.1 Å².